The minimum absolute atomic E-state index is 0.130. The van der Waals surface area contributed by atoms with Gasteiger partial charge in [0.1, 0.15) is 0 Å². The van der Waals surface area contributed by atoms with Crippen LogP contribution in [0.5, 0.6) is 0 Å². The second-order valence-corrected chi connectivity index (χ2v) is 7.35. The molecular weight excluding hydrogens is 320 g/mol. The summed E-state index contributed by atoms with van der Waals surface area (Å²) in [5.74, 6) is 0.493. The Morgan fingerprint density at radius 1 is 1.23 bits per heavy atom. The maximum absolute atomic E-state index is 13.6. The van der Waals surface area contributed by atoms with E-state index in [4.69, 9.17) is 0 Å². The molecule has 0 N–H and O–H groups in total. The lowest BCUT2D eigenvalue weighted by Gasteiger charge is -2.26. The summed E-state index contributed by atoms with van der Waals surface area (Å²) in [5.41, 5.74) is 5.56. The summed E-state index contributed by atoms with van der Waals surface area (Å²) in [5, 5.41) is 0. The summed E-state index contributed by atoms with van der Waals surface area (Å²) in [6, 6.07) is 8.39. The third-order valence-electron chi connectivity index (χ3n) is 5.48. The quantitative estimate of drug-likeness (QED) is 0.702. The molecule has 0 aromatic heterocycles. The normalized spacial score (nSPS) is 17.6. The number of allylic oxidation sites excluding steroid dienone is 2. The van der Waals surface area contributed by atoms with Crippen LogP contribution in [-0.2, 0) is 11.2 Å². The fourth-order valence-corrected chi connectivity index (χ4v) is 3.44. The van der Waals surface area contributed by atoms with Gasteiger partial charge >= 0.3 is 0 Å². The maximum Gasteiger partial charge on any atom is 0.260 e. The van der Waals surface area contributed by atoms with Crippen LogP contribution in [0.15, 0.2) is 47.2 Å². The molecule has 1 atom stereocenters. The largest absolute Gasteiger partial charge is 0.375 e. The standard InChI is InChI=1S/C23H34N2O/c1-7-17(4)15-21-22(18(5)8-2)24(6)13-14-25(23(21)26)20-12-10-11-19(9-3)16-20/h10-12,15-16,18H,7-9,13-14H2,1-6H3/b17-15-. The molecule has 1 aromatic carbocycles. The number of hydrogen-bond acceptors (Lipinski definition) is 2. The minimum Gasteiger partial charge on any atom is -0.375 e. The summed E-state index contributed by atoms with van der Waals surface area (Å²) in [7, 11) is 2.12. The number of aryl methyl sites for hydroxylation is 1. The lowest BCUT2D eigenvalue weighted by Crippen LogP contribution is -2.34. The van der Waals surface area contributed by atoms with Crippen molar-refractivity contribution in [2.75, 3.05) is 25.0 Å². The van der Waals surface area contributed by atoms with Crippen LogP contribution in [0.2, 0.25) is 0 Å². The third kappa shape index (κ3) is 4.38. The van der Waals surface area contributed by atoms with Crippen LogP contribution in [0.4, 0.5) is 5.69 Å². The Hall–Kier alpha value is -2.03. The number of rotatable bonds is 6. The molecule has 1 aliphatic heterocycles. The average molecular weight is 355 g/mol. The summed E-state index contributed by atoms with van der Waals surface area (Å²) < 4.78 is 0. The Kier molecular flexibility index (Phi) is 7.07. The summed E-state index contributed by atoms with van der Waals surface area (Å²) in [6.07, 6.45) is 5.08. The molecule has 2 rings (SSSR count). The van der Waals surface area contributed by atoms with Crippen molar-refractivity contribution in [3.8, 4) is 0 Å². The lowest BCUT2D eigenvalue weighted by atomic mass is 9.96. The third-order valence-corrected chi connectivity index (χ3v) is 5.48. The van der Waals surface area contributed by atoms with E-state index >= 15 is 0 Å². The molecule has 0 fully saturated rings. The SMILES string of the molecule is CC/C(C)=C\C1=C(C(C)CC)N(C)CCN(c2cccc(CC)c2)C1=O. The number of anilines is 1. The highest BCUT2D eigenvalue weighted by Gasteiger charge is 2.29. The van der Waals surface area contributed by atoms with E-state index in [9.17, 15) is 4.79 Å². The smallest absolute Gasteiger partial charge is 0.260 e. The Labute approximate surface area is 159 Å². The fourth-order valence-electron chi connectivity index (χ4n) is 3.44. The van der Waals surface area contributed by atoms with Gasteiger partial charge in [-0.25, -0.2) is 0 Å². The van der Waals surface area contributed by atoms with Gasteiger partial charge in [0.2, 0.25) is 0 Å². The van der Waals surface area contributed by atoms with E-state index in [1.54, 1.807) is 0 Å². The van der Waals surface area contributed by atoms with Gasteiger partial charge in [-0.3, -0.25) is 4.79 Å². The molecule has 3 heteroatoms. The highest BCUT2D eigenvalue weighted by atomic mass is 16.2. The van der Waals surface area contributed by atoms with Crippen LogP contribution in [0.1, 0.15) is 53.0 Å². The Bertz CT molecular complexity index is 702. The first kappa shape index (κ1) is 20.3. The van der Waals surface area contributed by atoms with Gasteiger partial charge in [-0.05, 0) is 55.9 Å². The number of benzene rings is 1. The van der Waals surface area contributed by atoms with Crippen LogP contribution in [0.3, 0.4) is 0 Å². The van der Waals surface area contributed by atoms with E-state index in [1.165, 1.54) is 16.8 Å². The van der Waals surface area contributed by atoms with Gasteiger partial charge in [-0.2, -0.15) is 0 Å². The van der Waals surface area contributed by atoms with Crippen LogP contribution in [0.25, 0.3) is 0 Å². The molecule has 0 aliphatic carbocycles. The minimum atomic E-state index is 0.130. The van der Waals surface area contributed by atoms with E-state index in [-0.39, 0.29) is 5.91 Å². The molecular formula is C23H34N2O. The van der Waals surface area contributed by atoms with Gasteiger partial charge in [-0.15, -0.1) is 0 Å². The molecule has 0 saturated carbocycles. The van der Waals surface area contributed by atoms with Gasteiger partial charge in [-0.1, -0.05) is 45.4 Å². The topological polar surface area (TPSA) is 23.6 Å². The Morgan fingerprint density at radius 3 is 2.58 bits per heavy atom. The average Bonchev–Trinajstić information content (AvgIpc) is 2.78. The van der Waals surface area contributed by atoms with Crippen molar-refractivity contribution in [1.82, 2.24) is 4.90 Å². The molecule has 1 amide bonds. The first-order valence-corrected chi connectivity index (χ1v) is 9.96. The van der Waals surface area contributed by atoms with E-state index in [1.807, 2.05) is 4.90 Å². The monoisotopic (exact) mass is 354 g/mol. The molecule has 0 saturated heterocycles. The summed E-state index contributed by atoms with van der Waals surface area (Å²) >= 11 is 0. The number of hydrogen-bond donors (Lipinski definition) is 0. The highest BCUT2D eigenvalue weighted by molar-refractivity contribution is 6.08. The summed E-state index contributed by atoms with van der Waals surface area (Å²) in [6.45, 7) is 12.4. The van der Waals surface area contributed by atoms with Crippen LogP contribution < -0.4 is 4.90 Å². The Balaban J connectivity index is 2.57. The van der Waals surface area contributed by atoms with Gasteiger partial charge in [0, 0.05) is 31.5 Å². The predicted molar refractivity (Wildman–Crippen MR) is 111 cm³/mol. The number of carbonyl (C=O) groups is 1. The van der Waals surface area contributed by atoms with Crippen LogP contribution in [0, 0.1) is 5.92 Å². The van der Waals surface area contributed by atoms with Crippen molar-refractivity contribution < 1.29 is 4.79 Å². The molecule has 26 heavy (non-hydrogen) atoms. The molecule has 0 spiro atoms. The fraction of sp³-hybridized carbons (Fsp3) is 0.522. The van der Waals surface area contributed by atoms with E-state index < -0.39 is 0 Å². The number of nitrogens with zero attached hydrogens (tertiary/aromatic N) is 2. The van der Waals surface area contributed by atoms with E-state index in [0.29, 0.717) is 12.5 Å². The van der Waals surface area contributed by atoms with Gasteiger partial charge in [0.05, 0.1) is 5.57 Å². The van der Waals surface area contributed by atoms with Crippen molar-refractivity contribution in [3.63, 3.8) is 0 Å². The molecule has 142 valence electrons. The molecule has 0 radical (unpaired) electrons. The van der Waals surface area contributed by atoms with Crippen molar-refractivity contribution in [3.05, 3.63) is 52.7 Å². The number of amides is 1. The van der Waals surface area contributed by atoms with Crippen molar-refractivity contribution in [2.24, 2.45) is 5.92 Å². The second-order valence-electron chi connectivity index (χ2n) is 7.35. The van der Waals surface area contributed by atoms with Gasteiger partial charge in [0.15, 0.2) is 0 Å². The first-order valence-electron chi connectivity index (χ1n) is 9.96. The van der Waals surface area contributed by atoms with Crippen LogP contribution in [-0.4, -0.2) is 30.9 Å². The second kappa shape index (κ2) is 9.07. The zero-order valence-corrected chi connectivity index (χ0v) is 17.3. The zero-order valence-electron chi connectivity index (χ0n) is 17.3. The molecule has 1 aromatic rings. The molecule has 1 aliphatic rings. The van der Waals surface area contributed by atoms with Gasteiger partial charge in [0.25, 0.3) is 5.91 Å². The molecule has 3 nitrogen and oxygen atoms in total. The zero-order chi connectivity index (χ0) is 19.3. The van der Waals surface area contributed by atoms with Gasteiger partial charge < -0.3 is 9.80 Å². The first-order chi connectivity index (χ1) is 12.4. The van der Waals surface area contributed by atoms with Crippen molar-refractivity contribution in [1.29, 1.82) is 0 Å². The summed E-state index contributed by atoms with van der Waals surface area (Å²) in [4.78, 5) is 17.8. The van der Waals surface area contributed by atoms with Crippen molar-refractivity contribution in [2.45, 2.75) is 53.9 Å². The van der Waals surface area contributed by atoms with Crippen LogP contribution >= 0.6 is 0 Å². The highest BCUT2D eigenvalue weighted by Crippen LogP contribution is 2.29. The number of likely N-dealkylation sites (N-methyl/N-ethyl adjacent to an activating group) is 1. The Morgan fingerprint density at radius 2 is 1.96 bits per heavy atom. The predicted octanol–water partition coefficient (Wildman–Crippen LogP) is 5.18. The van der Waals surface area contributed by atoms with E-state index in [2.05, 4.69) is 76.9 Å². The molecule has 0 bridgehead atoms. The van der Waals surface area contributed by atoms with Crippen molar-refractivity contribution >= 4 is 11.6 Å². The molecule has 1 heterocycles. The lowest BCUT2D eigenvalue weighted by molar-refractivity contribution is -0.114. The molecule has 1 unspecified atom stereocenters. The maximum atomic E-state index is 13.6. The van der Waals surface area contributed by atoms with E-state index in [0.717, 1.165) is 37.1 Å². The number of carbonyl (C=O) groups excluding carboxylic acids is 1.